The Kier molecular flexibility index (Phi) is 7.01. The van der Waals surface area contributed by atoms with Gasteiger partial charge in [-0.3, -0.25) is 5.21 Å². The third kappa shape index (κ3) is 5.67. The molecule has 1 aliphatic heterocycles. The molecular formula is C22H18F3N3O7S. The van der Waals surface area contributed by atoms with Gasteiger partial charge in [0.25, 0.3) is 0 Å². The van der Waals surface area contributed by atoms with Crippen LogP contribution in [0.4, 0.5) is 18.0 Å². The highest BCUT2D eigenvalue weighted by atomic mass is 32.2. The van der Waals surface area contributed by atoms with Crippen LogP contribution in [0.3, 0.4) is 0 Å². The zero-order valence-electron chi connectivity index (χ0n) is 18.2. The normalized spacial score (nSPS) is 16.1. The van der Waals surface area contributed by atoms with Crippen molar-refractivity contribution in [3.63, 3.8) is 0 Å². The first-order chi connectivity index (χ1) is 17.1. The van der Waals surface area contributed by atoms with E-state index < -0.39 is 34.5 Å². The number of hydroxylamine groups is 1. The lowest BCUT2D eigenvalue weighted by Crippen LogP contribution is -2.43. The number of aromatic nitrogens is 1. The molecule has 10 nitrogen and oxygen atoms in total. The fraction of sp³-hybridized carbons (Fsp3) is 0.182. The molecule has 0 bridgehead atoms. The van der Waals surface area contributed by atoms with Gasteiger partial charge in [0.05, 0.1) is 6.20 Å². The number of ether oxygens (including phenoxy) is 3. The van der Waals surface area contributed by atoms with Gasteiger partial charge in [0.15, 0.2) is 6.23 Å². The van der Waals surface area contributed by atoms with Crippen LogP contribution >= 0.6 is 0 Å². The number of rotatable bonds is 6. The Morgan fingerprint density at radius 1 is 1.06 bits per heavy atom. The SMILES string of the molecule is O=C(NO)O[C@@H]1c2ccccc2CCN1S(=O)(=O)c1ccc(Oc2ccc(OC(F)(F)F)cc2)nc1. The number of pyridine rings is 1. The summed E-state index contributed by atoms with van der Waals surface area (Å²) in [4.78, 5) is 15.5. The average molecular weight is 525 g/mol. The van der Waals surface area contributed by atoms with Crippen molar-refractivity contribution in [3.05, 3.63) is 78.0 Å². The van der Waals surface area contributed by atoms with Crippen molar-refractivity contribution in [2.24, 2.45) is 0 Å². The smallest absolute Gasteiger partial charge is 0.439 e. The van der Waals surface area contributed by atoms with Crippen LogP contribution in [0.5, 0.6) is 17.4 Å². The Labute approximate surface area is 202 Å². The Morgan fingerprint density at radius 2 is 1.75 bits per heavy atom. The zero-order valence-corrected chi connectivity index (χ0v) is 19.0. The molecule has 2 N–H and O–H groups in total. The van der Waals surface area contributed by atoms with Crippen LogP contribution in [0.1, 0.15) is 17.4 Å². The van der Waals surface area contributed by atoms with Gasteiger partial charge in [-0.15, -0.1) is 13.2 Å². The predicted octanol–water partition coefficient (Wildman–Crippen LogP) is 4.13. The van der Waals surface area contributed by atoms with E-state index in [9.17, 15) is 26.4 Å². The molecule has 1 atom stereocenters. The van der Waals surface area contributed by atoms with Crippen LogP contribution in [0, 0.1) is 0 Å². The number of carbonyl (C=O) groups is 1. The quantitative estimate of drug-likeness (QED) is 0.363. The summed E-state index contributed by atoms with van der Waals surface area (Å²) in [6.45, 7) is -0.00663. The Hall–Kier alpha value is -3.88. The second-order valence-electron chi connectivity index (χ2n) is 7.39. The summed E-state index contributed by atoms with van der Waals surface area (Å²) in [7, 11) is -4.21. The number of carbonyl (C=O) groups excluding carboxylic acids is 1. The van der Waals surface area contributed by atoms with Crippen LogP contribution in [0.2, 0.25) is 0 Å². The number of nitrogens with one attached hydrogen (secondary N) is 1. The molecule has 0 unspecified atom stereocenters. The molecule has 14 heteroatoms. The molecule has 36 heavy (non-hydrogen) atoms. The predicted molar refractivity (Wildman–Crippen MR) is 116 cm³/mol. The second-order valence-corrected chi connectivity index (χ2v) is 9.28. The van der Waals surface area contributed by atoms with E-state index in [1.807, 2.05) is 0 Å². The summed E-state index contributed by atoms with van der Waals surface area (Å²) in [5.41, 5.74) is 2.56. The Morgan fingerprint density at radius 3 is 2.39 bits per heavy atom. The van der Waals surface area contributed by atoms with E-state index in [1.165, 1.54) is 29.7 Å². The standard InChI is InChI=1S/C22H18F3N3O7S/c23-22(24,25)35-16-7-5-15(6-8-16)33-19-10-9-17(13-26-19)36(31,32)28-12-11-14-3-1-2-4-18(14)20(28)34-21(29)27-30/h1-10,13,20,30H,11-12H2,(H,27,29)/t20-/m1/s1. The summed E-state index contributed by atoms with van der Waals surface area (Å²) in [5.74, 6) is -0.308. The average Bonchev–Trinajstić information content (AvgIpc) is 2.84. The second kappa shape index (κ2) is 10.0. The van der Waals surface area contributed by atoms with E-state index in [0.717, 1.165) is 28.2 Å². The fourth-order valence-electron chi connectivity index (χ4n) is 3.55. The molecule has 1 aromatic heterocycles. The van der Waals surface area contributed by atoms with Gasteiger partial charge >= 0.3 is 12.5 Å². The van der Waals surface area contributed by atoms with E-state index in [0.29, 0.717) is 12.0 Å². The van der Waals surface area contributed by atoms with Crippen molar-refractivity contribution >= 4 is 16.1 Å². The van der Waals surface area contributed by atoms with Gasteiger partial charge < -0.3 is 14.2 Å². The van der Waals surface area contributed by atoms with Crippen molar-refractivity contribution in [3.8, 4) is 17.4 Å². The highest BCUT2D eigenvalue weighted by Gasteiger charge is 2.39. The molecule has 0 spiro atoms. The number of alkyl halides is 3. The van der Waals surface area contributed by atoms with Gasteiger partial charge in [0.1, 0.15) is 16.4 Å². The first-order valence-electron chi connectivity index (χ1n) is 10.3. The van der Waals surface area contributed by atoms with Gasteiger partial charge in [-0.2, -0.15) is 4.31 Å². The van der Waals surface area contributed by atoms with Gasteiger partial charge in [-0.05, 0) is 42.3 Å². The molecule has 190 valence electrons. The molecule has 2 heterocycles. The Bertz CT molecular complexity index is 1330. The summed E-state index contributed by atoms with van der Waals surface area (Å²) in [5, 5.41) is 8.86. The van der Waals surface area contributed by atoms with Crippen molar-refractivity contribution < 1.29 is 45.8 Å². The molecule has 0 radical (unpaired) electrons. The molecule has 4 rings (SSSR count). The first kappa shape index (κ1) is 25.2. The number of sulfonamides is 1. The van der Waals surface area contributed by atoms with E-state index in [4.69, 9.17) is 14.7 Å². The van der Waals surface area contributed by atoms with Crippen LogP contribution in [0.25, 0.3) is 0 Å². The van der Waals surface area contributed by atoms with E-state index in [-0.39, 0.29) is 23.1 Å². The van der Waals surface area contributed by atoms with Crippen LogP contribution < -0.4 is 15.0 Å². The van der Waals surface area contributed by atoms with E-state index in [2.05, 4.69) is 9.72 Å². The Balaban J connectivity index is 1.53. The van der Waals surface area contributed by atoms with E-state index in [1.54, 1.807) is 24.3 Å². The molecule has 0 fully saturated rings. The van der Waals surface area contributed by atoms with Crippen molar-refractivity contribution in [1.82, 2.24) is 14.8 Å². The summed E-state index contributed by atoms with van der Waals surface area (Å²) in [6, 6.07) is 13.9. The summed E-state index contributed by atoms with van der Waals surface area (Å²) >= 11 is 0. The monoisotopic (exact) mass is 525 g/mol. The van der Waals surface area contributed by atoms with Crippen LogP contribution in [0.15, 0.2) is 71.8 Å². The fourth-order valence-corrected chi connectivity index (χ4v) is 4.98. The van der Waals surface area contributed by atoms with E-state index >= 15 is 0 Å². The zero-order chi connectivity index (χ0) is 25.9. The molecule has 0 saturated carbocycles. The van der Waals surface area contributed by atoms with Crippen LogP contribution in [-0.4, -0.2) is 41.9 Å². The number of halogens is 3. The third-order valence-corrected chi connectivity index (χ3v) is 6.92. The number of hydrogen-bond donors (Lipinski definition) is 2. The molecule has 1 amide bonds. The summed E-state index contributed by atoms with van der Waals surface area (Å²) in [6.07, 6.45) is -5.99. The topological polar surface area (TPSA) is 127 Å². The van der Waals surface area contributed by atoms with Gasteiger partial charge in [0, 0.05) is 18.2 Å². The maximum Gasteiger partial charge on any atom is 0.573 e. The molecule has 1 aliphatic rings. The van der Waals surface area contributed by atoms with Gasteiger partial charge in [-0.1, -0.05) is 24.3 Å². The maximum absolute atomic E-state index is 13.4. The minimum absolute atomic E-state index is 0.00663. The minimum Gasteiger partial charge on any atom is -0.439 e. The largest absolute Gasteiger partial charge is 0.573 e. The van der Waals surface area contributed by atoms with Crippen LogP contribution in [-0.2, 0) is 21.2 Å². The number of benzene rings is 2. The van der Waals surface area contributed by atoms with Crippen molar-refractivity contribution in [2.45, 2.75) is 23.9 Å². The molecule has 0 aliphatic carbocycles. The first-order valence-corrected chi connectivity index (χ1v) is 11.7. The molecule has 0 saturated heterocycles. The number of amides is 1. The lowest BCUT2D eigenvalue weighted by molar-refractivity contribution is -0.274. The molecule has 2 aromatic carbocycles. The molecule has 3 aromatic rings. The van der Waals surface area contributed by atoms with Gasteiger partial charge in [-0.25, -0.2) is 23.7 Å². The number of nitrogens with zero attached hydrogens (tertiary/aromatic N) is 2. The maximum atomic E-state index is 13.4. The lowest BCUT2D eigenvalue weighted by Gasteiger charge is -2.35. The van der Waals surface area contributed by atoms with Crippen molar-refractivity contribution in [2.75, 3.05) is 6.54 Å². The van der Waals surface area contributed by atoms with Crippen molar-refractivity contribution in [1.29, 1.82) is 0 Å². The van der Waals surface area contributed by atoms with Gasteiger partial charge in [0.2, 0.25) is 15.9 Å². The number of hydrogen-bond acceptors (Lipinski definition) is 8. The lowest BCUT2D eigenvalue weighted by atomic mass is 10.00. The minimum atomic E-state index is -4.83. The summed E-state index contributed by atoms with van der Waals surface area (Å²) < 4.78 is 78.9. The third-order valence-electron chi connectivity index (χ3n) is 5.09. The highest BCUT2D eigenvalue weighted by molar-refractivity contribution is 7.89. The number of fused-ring (bicyclic) bond motifs is 1. The molecular weight excluding hydrogens is 507 g/mol. The highest BCUT2D eigenvalue weighted by Crippen LogP contribution is 2.35.